The van der Waals surface area contributed by atoms with Gasteiger partial charge < -0.3 is 23.7 Å². The molecule has 0 N–H and O–H groups in total. The molecule has 0 aliphatic heterocycles. The highest BCUT2D eigenvalue weighted by Crippen LogP contribution is 1.97. The predicted molar refractivity (Wildman–Crippen MR) is 88.9 cm³/mol. The number of Topliss-reactive ketones (excluding diaryl/α,β-unsaturated/α-hetero) is 1. The van der Waals surface area contributed by atoms with Crippen molar-refractivity contribution in [1.82, 2.24) is 0 Å². The number of ether oxygens (including phenoxy) is 5. The number of hydrogen-bond acceptors (Lipinski definition) is 6. The Labute approximate surface area is 140 Å². The molecular formula is C17H34O6. The first kappa shape index (κ1) is 22.5. The molecule has 0 atom stereocenters. The maximum Gasteiger partial charge on any atom is 0.135 e. The number of carbonyl (C=O) groups is 1. The second kappa shape index (κ2) is 19.5. The summed E-state index contributed by atoms with van der Waals surface area (Å²) < 4.78 is 26.5. The van der Waals surface area contributed by atoms with Crippen LogP contribution in [0.25, 0.3) is 0 Å². The zero-order valence-corrected chi connectivity index (χ0v) is 14.8. The van der Waals surface area contributed by atoms with E-state index in [9.17, 15) is 4.79 Å². The summed E-state index contributed by atoms with van der Waals surface area (Å²) in [4.78, 5) is 11.6. The maximum atomic E-state index is 11.6. The summed E-state index contributed by atoms with van der Waals surface area (Å²) in [6, 6.07) is 0. The van der Waals surface area contributed by atoms with Crippen LogP contribution in [0.4, 0.5) is 0 Å². The molecule has 6 nitrogen and oxygen atoms in total. The molecule has 0 heterocycles. The molecule has 0 aliphatic rings. The molecule has 0 fully saturated rings. The largest absolute Gasteiger partial charge is 0.379 e. The van der Waals surface area contributed by atoms with E-state index in [1.807, 2.05) is 6.92 Å². The molecule has 0 amide bonds. The fourth-order valence-corrected chi connectivity index (χ4v) is 1.73. The van der Waals surface area contributed by atoms with E-state index in [4.69, 9.17) is 23.7 Å². The lowest BCUT2D eigenvalue weighted by Gasteiger charge is -2.06. The maximum absolute atomic E-state index is 11.6. The van der Waals surface area contributed by atoms with E-state index in [1.54, 1.807) is 0 Å². The summed E-state index contributed by atoms with van der Waals surface area (Å²) in [5.41, 5.74) is 0. The quantitative estimate of drug-likeness (QED) is 0.338. The van der Waals surface area contributed by atoms with E-state index in [0.29, 0.717) is 72.3 Å². The Balaban J connectivity index is 3.13. The molecule has 138 valence electrons. The smallest absolute Gasteiger partial charge is 0.135 e. The molecule has 0 unspecified atom stereocenters. The zero-order chi connectivity index (χ0) is 17.0. The van der Waals surface area contributed by atoms with Crippen molar-refractivity contribution >= 4 is 5.78 Å². The van der Waals surface area contributed by atoms with Crippen molar-refractivity contribution in [3.63, 3.8) is 0 Å². The van der Waals surface area contributed by atoms with Crippen LogP contribution in [0, 0.1) is 0 Å². The zero-order valence-electron chi connectivity index (χ0n) is 14.8. The molecule has 6 heteroatoms. The third-order valence-electron chi connectivity index (χ3n) is 2.94. The van der Waals surface area contributed by atoms with Gasteiger partial charge in [0.25, 0.3) is 0 Å². The van der Waals surface area contributed by atoms with Crippen LogP contribution >= 0.6 is 0 Å². The van der Waals surface area contributed by atoms with E-state index >= 15 is 0 Å². The van der Waals surface area contributed by atoms with Crippen LogP contribution in [0.5, 0.6) is 0 Å². The van der Waals surface area contributed by atoms with Crippen LogP contribution in [0.1, 0.15) is 39.5 Å². The SMILES string of the molecule is CCCOCCOCCOCCC(=O)CCCOCCOCC. The number of rotatable bonds is 19. The molecule has 0 saturated carbocycles. The second-order valence-electron chi connectivity index (χ2n) is 5.04. The molecule has 0 aromatic rings. The van der Waals surface area contributed by atoms with E-state index < -0.39 is 0 Å². The van der Waals surface area contributed by atoms with Gasteiger partial charge in [0, 0.05) is 32.7 Å². The standard InChI is InChI=1S/C17H34O6/c1-3-8-20-13-15-23-16-14-22-10-7-17(18)6-5-9-21-12-11-19-4-2/h3-16H2,1-2H3. The van der Waals surface area contributed by atoms with Crippen molar-refractivity contribution < 1.29 is 28.5 Å². The lowest BCUT2D eigenvalue weighted by atomic mass is 10.2. The summed E-state index contributed by atoms with van der Waals surface area (Å²) in [6.45, 7) is 10.1. The molecule has 0 aromatic carbocycles. The summed E-state index contributed by atoms with van der Waals surface area (Å²) in [7, 11) is 0. The van der Waals surface area contributed by atoms with Crippen molar-refractivity contribution in [2.45, 2.75) is 39.5 Å². The van der Waals surface area contributed by atoms with Crippen LogP contribution in [-0.2, 0) is 28.5 Å². The third-order valence-corrected chi connectivity index (χ3v) is 2.94. The van der Waals surface area contributed by atoms with Gasteiger partial charge >= 0.3 is 0 Å². The molecule has 0 bridgehead atoms. The molecule has 0 aromatic heterocycles. The Morgan fingerprint density at radius 1 is 0.609 bits per heavy atom. The van der Waals surface area contributed by atoms with Gasteiger partial charge in [0.15, 0.2) is 0 Å². The fraction of sp³-hybridized carbons (Fsp3) is 0.941. The summed E-state index contributed by atoms with van der Waals surface area (Å²) in [5.74, 6) is 0.215. The highest BCUT2D eigenvalue weighted by Gasteiger charge is 2.02. The van der Waals surface area contributed by atoms with Crippen molar-refractivity contribution in [3.8, 4) is 0 Å². The van der Waals surface area contributed by atoms with Gasteiger partial charge in [-0.25, -0.2) is 0 Å². The van der Waals surface area contributed by atoms with Gasteiger partial charge in [-0.1, -0.05) is 6.92 Å². The number of carbonyl (C=O) groups excluding carboxylic acids is 1. The van der Waals surface area contributed by atoms with Crippen LogP contribution in [0.15, 0.2) is 0 Å². The Morgan fingerprint density at radius 3 is 1.74 bits per heavy atom. The van der Waals surface area contributed by atoms with Crippen LogP contribution in [0.3, 0.4) is 0 Å². The Bertz CT molecular complexity index is 247. The van der Waals surface area contributed by atoms with Gasteiger partial charge in [-0.2, -0.15) is 0 Å². The first-order valence-electron chi connectivity index (χ1n) is 8.71. The van der Waals surface area contributed by atoms with Gasteiger partial charge in [0.1, 0.15) is 5.78 Å². The van der Waals surface area contributed by atoms with Crippen molar-refractivity contribution in [2.75, 3.05) is 66.1 Å². The Morgan fingerprint density at radius 2 is 1.13 bits per heavy atom. The van der Waals surface area contributed by atoms with Crippen LogP contribution < -0.4 is 0 Å². The highest BCUT2D eigenvalue weighted by atomic mass is 16.5. The van der Waals surface area contributed by atoms with Gasteiger partial charge in [-0.05, 0) is 19.8 Å². The topological polar surface area (TPSA) is 63.2 Å². The Kier molecular flexibility index (Phi) is 19.1. The monoisotopic (exact) mass is 334 g/mol. The lowest BCUT2D eigenvalue weighted by Crippen LogP contribution is -2.12. The summed E-state index contributed by atoms with van der Waals surface area (Å²) >= 11 is 0. The van der Waals surface area contributed by atoms with Gasteiger partial charge in [-0.15, -0.1) is 0 Å². The Hall–Kier alpha value is -0.530. The first-order chi connectivity index (χ1) is 11.3. The normalized spacial score (nSPS) is 11.0. The molecule has 0 spiro atoms. The molecule has 0 saturated heterocycles. The van der Waals surface area contributed by atoms with Gasteiger partial charge in [-0.3, -0.25) is 4.79 Å². The summed E-state index contributed by atoms with van der Waals surface area (Å²) in [5, 5.41) is 0. The third kappa shape index (κ3) is 19.4. The first-order valence-corrected chi connectivity index (χ1v) is 8.71. The predicted octanol–water partition coefficient (Wildman–Crippen LogP) is 2.24. The number of hydrogen-bond donors (Lipinski definition) is 0. The minimum absolute atomic E-state index is 0.215. The molecule has 0 rings (SSSR count). The van der Waals surface area contributed by atoms with Gasteiger partial charge in [0.05, 0.1) is 46.2 Å². The van der Waals surface area contributed by atoms with Crippen molar-refractivity contribution in [2.24, 2.45) is 0 Å². The van der Waals surface area contributed by atoms with Crippen molar-refractivity contribution in [3.05, 3.63) is 0 Å². The average Bonchev–Trinajstić information content (AvgIpc) is 2.55. The van der Waals surface area contributed by atoms with Crippen LogP contribution in [-0.4, -0.2) is 71.9 Å². The fourth-order valence-electron chi connectivity index (χ4n) is 1.73. The van der Waals surface area contributed by atoms with E-state index in [-0.39, 0.29) is 5.78 Å². The average molecular weight is 334 g/mol. The minimum Gasteiger partial charge on any atom is -0.379 e. The molecular weight excluding hydrogens is 300 g/mol. The van der Waals surface area contributed by atoms with E-state index in [2.05, 4.69) is 6.92 Å². The van der Waals surface area contributed by atoms with Crippen molar-refractivity contribution in [1.29, 1.82) is 0 Å². The number of ketones is 1. The molecule has 0 aliphatic carbocycles. The summed E-state index contributed by atoms with van der Waals surface area (Å²) in [6.07, 6.45) is 2.78. The second-order valence-corrected chi connectivity index (χ2v) is 5.04. The van der Waals surface area contributed by atoms with Gasteiger partial charge in [0.2, 0.25) is 0 Å². The van der Waals surface area contributed by atoms with E-state index in [0.717, 1.165) is 19.4 Å². The lowest BCUT2D eigenvalue weighted by molar-refractivity contribution is -0.120. The highest BCUT2D eigenvalue weighted by molar-refractivity contribution is 5.78. The van der Waals surface area contributed by atoms with Crippen LogP contribution in [0.2, 0.25) is 0 Å². The van der Waals surface area contributed by atoms with E-state index in [1.165, 1.54) is 0 Å². The molecule has 0 radical (unpaired) electrons. The minimum atomic E-state index is 0.215. The molecule has 23 heavy (non-hydrogen) atoms.